The first-order valence-electron chi connectivity index (χ1n) is 10.2. The van der Waals surface area contributed by atoms with Crippen molar-refractivity contribution >= 4 is 17.7 Å². The van der Waals surface area contributed by atoms with E-state index in [1.54, 1.807) is 14.0 Å². The lowest BCUT2D eigenvalue weighted by molar-refractivity contribution is -0.133. The van der Waals surface area contributed by atoms with E-state index < -0.39 is 5.54 Å². The van der Waals surface area contributed by atoms with Crippen molar-refractivity contribution in [2.24, 2.45) is 0 Å². The Balaban J connectivity index is 1.80. The molecular formula is C20H31N5O3. The first-order chi connectivity index (χ1) is 13.3. The second-order valence-corrected chi connectivity index (χ2v) is 8.30. The van der Waals surface area contributed by atoms with Crippen molar-refractivity contribution in [2.75, 3.05) is 7.05 Å². The Hall–Kier alpha value is -2.38. The lowest BCUT2D eigenvalue weighted by Gasteiger charge is -2.41. The van der Waals surface area contributed by atoms with Crippen molar-refractivity contribution < 1.29 is 14.4 Å². The summed E-state index contributed by atoms with van der Waals surface area (Å²) in [4.78, 5) is 39.8. The molecule has 1 aromatic rings. The summed E-state index contributed by atoms with van der Waals surface area (Å²) in [7, 11) is 1.64. The standard InChI is InChI=1S/C20H31N5O3/c1-5-13(2)21-17(26)15-11-16-18(27)24(4)20(3,12-25(16)23-15)19(28)22-14-9-7-6-8-10-14/h11,13-14H,5-10,12H2,1-4H3,(H,21,26)(H,22,28)/t13-,20-/m0/s1. The van der Waals surface area contributed by atoms with Crippen LogP contribution in [0.15, 0.2) is 6.07 Å². The van der Waals surface area contributed by atoms with E-state index in [0.717, 1.165) is 32.1 Å². The predicted octanol–water partition coefficient (Wildman–Crippen LogP) is 1.70. The molecule has 8 nitrogen and oxygen atoms in total. The van der Waals surface area contributed by atoms with E-state index in [1.807, 2.05) is 13.8 Å². The van der Waals surface area contributed by atoms with Crippen LogP contribution < -0.4 is 10.6 Å². The summed E-state index contributed by atoms with van der Waals surface area (Å²) in [6, 6.07) is 1.70. The molecule has 1 aliphatic heterocycles. The molecule has 154 valence electrons. The predicted molar refractivity (Wildman–Crippen MR) is 105 cm³/mol. The largest absolute Gasteiger partial charge is 0.351 e. The number of amides is 3. The Morgan fingerprint density at radius 1 is 1.32 bits per heavy atom. The highest BCUT2D eigenvalue weighted by Gasteiger charge is 2.46. The van der Waals surface area contributed by atoms with E-state index >= 15 is 0 Å². The van der Waals surface area contributed by atoms with Gasteiger partial charge < -0.3 is 15.5 Å². The van der Waals surface area contributed by atoms with Gasteiger partial charge in [-0.3, -0.25) is 19.1 Å². The number of fused-ring (bicyclic) bond motifs is 1. The van der Waals surface area contributed by atoms with Gasteiger partial charge in [0.15, 0.2) is 5.69 Å². The average Bonchev–Trinajstić information content (AvgIpc) is 3.10. The molecule has 2 N–H and O–H groups in total. The lowest BCUT2D eigenvalue weighted by Crippen LogP contribution is -2.63. The zero-order chi connectivity index (χ0) is 20.5. The normalized spacial score (nSPS) is 23.9. The molecule has 1 aliphatic carbocycles. The lowest BCUT2D eigenvalue weighted by atomic mass is 9.92. The van der Waals surface area contributed by atoms with Crippen LogP contribution in [-0.4, -0.2) is 57.1 Å². The van der Waals surface area contributed by atoms with E-state index in [-0.39, 0.29) is 42.0 Å². The summed E-state index contributed by atoms with van der Waals surface area (Å²) >= 11 is 0. The highest BCUT2D eigenvalue weighted by molar-refractivity contribution is 6.01. The van der Waals surface area contributed by atoms with Crippen molar-refractivity contribution in [1.82, 2.24) is 25.3 Å². The van der Waals surface area contributed by atoms with Gasteiger partial charge in [-0.05, 0) is 33.1 Å². The van der Waals surface area contributed by atoms with Crippen molar-refractivity contribution in [3.63, 3.8) is 0 Å². The maximum atomic E-state index is 13.1. The fourth-order valence-corrected chi connectivity index (χ4v) is 3.83. The molecule has 0 saturated heterocycles. The number of nitrogens with one attached hydrogen (secondary N) is 2. The zero-order valence-electron chi connectivity index (χ0n) is 17.2. The van der Waals surface area contributed by atoms with E-state index in [2.05, 4.69) is 15.7 Å². The molecule has 8 heteroatoms. The van der Waals surface area contributed by atoms with Crippen molar-refractivity contribution in [3.05, 3.63) is 17.5 Å². The first-order valence-corrected chi connectivity index (χ1v) is 10.2. The summed E-state index contributed by atoms with van der Waals surface area (Å²) in [5, 5.41) is 10.3. The molecule has 2 heterocycles. The Labute approximate surface area is 166 Å². The molecule has 28 heavy (non-hydrogen) atoms. The van der Waals surface area contributed by atoms with E-state index in [9.17, 15) is 14.4 Å². The average molecular weight is 390 g/mol. The maximum absolute atomic E-state index is 13.1. The minimum absolute atomic E-state index is 0.0242. The third kappa shape index (κ3) is 3.77. The molecule has 1 saturated carbocycles. The second-order valence-electron chi connectivity index (χ2n) is 8.30. The molecule has 2 atom stereocenters. The van der Waals surface area contributed by atoms with Gasteiger partial charge in [-0.1, -0.05) is 26.2 Å². The minimum Gasteiger partial charge on any atom is -0.351 e. The molecule has 1 fully saturated rings. The van der Waals surface area contributed by atoms with Crippen LogP contribution in [0.1, 0.15) is 80.3 Å². The zero-order valence-corrected chi connectivity index (χ0v) is 17.2. The quantitative estimate of drug-likeness (QED) is 0.801. The molecular weight excluding hydrogens is 358 g/mol. The van der Waals surface area contributed by atoms with Gasteiger partial charge in [0, 0.05) is 25.2 Å². The summed E-state index contributed by atoms with van der Waals surface area (Å²) < 4.78 is 1.49. The number of likely N-dealkylation sites (N-methyl/N-ethyl adjacent to an activating group) is 1. The molecule has 0 radical (unpaired) electrons. The van der Waals surface area contributed by atoms with Gasteiger partial charge in [0.2, 0.25) is 5.91 Å². The molecule has 2 aliphatic rings. The molecule has 1 aromatic heterocycles. The fraction of sp³-hybridized carbons (Fsp3) is 0.700. The molecule has 3 amide bonds. The van der Waals surface area contributed by atoms with E-state index in [4.69, 9.17) is 0 Å². The third-order valence-electron chi connectivity index (χ3n) is 6.15. The maximum Gasteiger partial charge on any atom is 0.272 e. The summed E-state index contributed by atoms with van der Waals surface area (Å²) in [6.45, 7) is 5.88. The van der Waals surface area contributed by atoms with Gasteiger partial charge in [0.05, 0.1) is 6.54 Å². The van der Waals surface area contributed by atoms with Crippen LogP contribution in [-0.2, 0) is 11.3 Å². The van der Waals surface area contributed by atoms with E-state index in [1.165, 1.54) is 22.1 Å². The van der Waals surface area contributed by atoms with Crippen LogP contribution >= 0.6 is 0 Å². The highest BCUT2D eigenvalue weighted by atomic mass is 16.2. The fourth-order valence-electron chi connectivity index (χ4n) is 3.83. The summed E-state index contributed by atoms with van der Waals surface area (Å²) in [6.07, 6.45) is 6.21. The smallest absolute Gasteiger partial charge is 0.272 e. The number of nitrogens with zero attached hydrogens (tertiary/aromatic N) is 3. The number of carbonyl (C=O) groups is 3. The van der Waals surface area contributed by atoms with Gasteiger partial charge in [0.1, 0.15) is 11.2 Å². The third-order valence-corrected chi connectivity index (χ3v) is 6.15. The highest BCUT2D eigenvalue weighted by Crippen LogP contribution is 2.27. The number of aromatic nitrogens is 2. The van der Waals surface area contributed by atoms with E-state index in [0.29, 0.717) is 5.69 Å². The van der Waals surface area contributed by atoms with Crippen LogP contribution in [0.3, 0.4) is 0 Å². The summed E-state index contributed by atoms with van der Waals surface area (Å²) in [5.74, 6) is -0.773. The van der Waals surface area contributed by atoms with Crippen molar-refractivity contribution in [3.8, 4) is 0 Å². The molecule has 0 spiro atoms. The number of hydrogen-bond donors (Lipinski definition) is 2. The van der Waals surface area contributed by atoms with Crippen molar-refractivity contribution in [1.29, 1.82) is 0 Å². The van der Waals surface area contributed by atoms with Crippen LogP contribution in [0.4, 0.5) is 0 Å². The van der Waals surface area contributed by atoms with Crippen LogP contribution in [0, 0.1) is 0 Å². The monoisotopic (exact) mass is 389 g/mol. The number of carbonyl (C=O) groups excluding carboxylic acids is 3. The van der Waals surface area contributed by atoms with Crippen LogP contribution in [0.25, 0.3) is 0 Å². The Morgan fingerprint density at radius 3 is 2.64 bits per heavy atom. The summed E-state index contributed by atoms with van der Waals surface area (Å²) in [5.41, 5.74) is -0.508. The van der Waals surface area contributed by atoms with Gasteiger partial charge in [0.25, 0.3) is 11.8 Å². The van der Waals surface area contributed by atoms with Crippen molar-refractivity contribution in [2.45, 2.75) is 83.5 Å². The Bertz CT molecular complexity index is 768. The molecule has 0 bridgehead atoms. The first kappa shape index (κ1) is 20.4. The Morgan fingerprint density at radius 2 is 2.00 bits per heavy atom. The minimum atomic E-state index is -1.04. The number of hydrogen-bond acceptors (Lipinski definition) is 4. The van der Waals surface area contributed by atoms with Crippen LogP contribution in [0.2, 0.25) is 0 Å². The number of rotatable bonds is 5. The van der Waals surface area contributed by atoms with Gasteiger partial charge in [-0.2, -0.15) is 5.10 Å². The second kappa shape index (κ2) is 7.93. The van der Waals surface area contributed by atoms with Gasteiger partial charge >= 0.3 is 0 Å². The SMILES string of the molecule is CC[C@H](C)NC(=O)c1cc2n(n1)C[C@@](C)(C(=O)NC1CCCCC1)N(C)C2=O. The van der Waals surface area contributed by atoms with Gasteiger partial charge in [-0.25, -0.2) is 0 Å². The van der Waals surface area contributed by atoms with Crippen LogP contribution in [0.5, 0.6) is 0 Å². The Kier molecular flexibility index (Phi) is 5.76. The molecule has 0 unspecified atom stereocenters. The van der Waals surface area contributed by atoms with Gasteiger partial charge in [-0.15, -0.1) is 0 Å². The topological polar surface area (TPSA) is 96.3 Å². The molecule has 0 aromatic carbocycles. The molecule has 3 rings (SSSR count).